The minimum absolute atomic E-state index is 0.0256. The van der Waals surface area contributed by atoms with Gasteiger partial charge in [0.1, 0.15) is 0 Å². The van der Waals surface area contributed by atoms with Crippen LogP contribution in [-0.2, 0) is 6.18 Å². The zero-order valence-electron chi connectivity index (χ0n) is 14.1. The standard InChI is InChI=1S/C11H11F4N4O2.3CH3.Sn/c12-7-5-19(10(20)21)2-1-8(7)18-9-16-3-6(4-17-9)11(13,14)15;;;;/h3,7-8H,1-2,5H2,(H,20,21)(H,16,17,18);3*1H3;/t7-,8+;;;;/m1..../s1. The molecule has 0 saturated carbocycles. The molecule has 1 fully saturated rings. The number of halogens is 4. The number of likely N-dealkylation sites (tertiary alicyclic amines) is 1. The number of piperidine rings is 1. The molecule has 1 aliphatic heterocycles. The van der Waals surface area contributed by atoms with E-state index in [9.17, 15) is 22.4 Å². The summed E-state index contributed by atoms with van der Waals surface area (Å²) in [6, 6.07) is -0.740. The Morgan fingerprint density at radius 3 is 2.52 bits per heavy atom. The van der Waals surface area contributed by atoms with E-state index in [4.69, 9.17) is 5.11 Å². The fourth-order valence-corrected chi connectivity index (χ4v) is 6.79. The van der Waals surface area contributed by atoms with Crippen LogP contribution in [0.2, 0.25) is 14.8 Å². The first-order chi connectivity index (χ1) is 11.4. The molecule has 25 heavy (non-hydrogen) atoms. The molecule has 1 saturated heterocycles. The zero-order valence-corrected chi connectivity index (χ0v) is 16.9. The van der Waals surface area contributed by atoms with Gasteiger partial charge in [-0.25, -0.2) is 0 Å². The number of nitrogens with one attached hydrogen (secondary N) is 1. The predicted octanol–water partition coefficient (Wildman–Crippen LogP) is 2.54. The Labute approximate surface area is 146 Å². The van der Waals surface area contributed by atoms with Crippen LogP contribution in [0.25, 0.3) is 0 Å². The van der Waals surface area contributed by atoms with E-state index in [-0.39, 0.29) is 29.2 Å². The number of anilines is 1. The molecule has 0 radical (unpaired) electrons. The maximum absolute atomic E-state index is 14.2. The SMILES string of the molecule is [CH3][Sn]([CH3])([CH3])[c]1nc(N[C@H]2CCN(C(=O)O)C[C@H]2F)ncc1C(F)(F)F. The number of rotatable bonds is 3. The van der Waals surface area contributed by atoms with E-state index in [1.807, 2.05) is 0 Å². The van der Waals surface area contributed by atoms with Gasteiger partial charge in [0, 0.05) is 0 Å². The number of carbonyl (C=O) groups is 1. The zero-order chi connectivity index (χ0) is 19.0. The fourth-order valence-electron chi connectivity index (χ4n) is 2.64. The van der Waals surface area contributed by atoms with Gasteiger partial charge in [0.15, 0.2) is 0 Å². The van der Waals surface area contributed by atoms with Crippen LogP contribution in [0.4, 0.5) is 28.3 Å². The van der Waals surface area contributed by atoms with E-state index >= 15 is 0 Å². The molecule has 1 aromatic rings. The summed E-state index contributed by atoms with van der Waals surface area (Å²) in [7, 11) is 0. The molecule has 0 spiro atoms. The van der Waals surface area contributed by atoms with Crippen LogP contribution >= 0.6 is 0 Å². The van der Waals surface area contributed by atoms with E-state index < -0.39 is 48.4 Å². The maximum atomic E-state index is 14.2. The number of nitrogens with zero attached hydrogens (tertiary/aromatic N) is 3. The van der Waals surface area contributed by atoms with Crippen LogP contribution < -0.4 is 9.03 Å². The number of alkyl halides is 4. The molecule has 2 rings (SSSR count). The van der Waals surface area contributed by atoms with Gasteiger partial charge in [-0.05, 0) is 0 Å². The Morgan fingerprint density at radius 1 is 1.40 bits per heavy atom. The van der Waals surface area contributed by atoms with Crippen LogP contribution in [0.5, 0.6) is 0 Å². The van der Waals surface area contributed by atoms with E-state index in [2.05, 4.69) is 15.3 Å². The average Bonchev–Trinajstić information content (AvgIpc) is 2.47. The molecule has 140 valence electrons. The molecule has 1 aromatic heterocycles. The van der Waals surface area contributed by atoms with Crippen molar-refractivity contribution in [2.45, 2.75) is 39.6 Å². The van der Waals surface area contributed by atoms with Crippen molar-refractivity contribution in [1.82, 2.24) is 14.9 Å². The summed E-state index contributed by atoms with van der Waals surface area (Å²) in [4.78, 5) is 25.0. The Hall–Kier alpha value is -1.33. The van der Waals surface area contributed by atoms with Gasteiger partial charge in [-0.3, -0.25) is 0 Å². The molecule has 11 heteroatoms. The van der Waals surface area contributed by atoms with Gasteiger partial charge in [0.2, 0.25) is 0 Å². The molecule has 0 bridgehead atoms. The van der Waals surface area contributed by atoms with Crippen molar-refractivity contribution in [2.24, 2.45) is 0 Å². The second kappa shape index (κ2) is 7.12. The normalized spacial score (nSPS) is 22.0. The number of hydrogen-bond acceptors (Lipinski definition) is 4. The molecule has 1 aliphatic rings. The van der Waals surface area contributed by atoms with E-state index in [0.29, 0.717) is 0 Å². The van der Waals surface area contributed by atoms with Crippen LogP contribution in [0.15, 0.2) is 6.20 Å². The summed E-state index contributed by atoms with van der Waals surface area (Å²) in [5.41, 5.74) is -0.834. The molecule has 2 heterocycles. The Morgan fingerprint density at radius 2 is 2.04 bits per heavy atom. The Kier molecular flexibility index (Phi) is 5.69. The first kappa shape index (κ1) is 20.0. The van der Waals surface area contributed by atoms with Gasteiger partial charge >= 0.3 is 146 Å². The van der Waals surface area contributed by atoms with Gasteiger partial charge in [-0.1, -0.05) is 0 Å². The molecular formula is C14H20F4N4O2Sn. The summed E-state index contributed by atoms with van der Waals surface area (Å²) in [6.45, 7) is -0.154. The van der Waals surface area contributed by atoms with E-state index in [0.717, 1.165) is 11.1 Å². The van der Waals surface area contributed by atoms with Gasteiger partial charge in [-0.2, -0.15) is 0 Å². The van der Waals surface area contributed by atoms with Crippen molar-refractivity contribution >= 4 is 34.1 Å². The first-order valence-electron chi connectivity index (χ1n) is 7.73. The summed E-state index contributed by atoms with van der Waals surface area (Å²) in [5, 5.41) is 11.6. The summed E-state index contributed by atoms with van der Waals surface area (Å²) < 4.78 is 53.7. The van der Waals surface area contributed by atoms with Crippen LogP contribution in [-0.4, -0.2) is 69.7 Å². The third kappa shape index (κ3) is 4.85. The second-order valence-corrected chi connectivity index (χ2v) is 21.2. The molecular weight excluding hydrogens is 451 g/mol. The van der Waals surface area contributed by atoms with Crippen LogP contribution in [0, 0.1) is 0 Å². The number of hydrogen-bond donors (Lipinski definition) is 2. The van der Waals surface area contributed by atoms with Crippen molar-refractivity contribution in [3.63, 3.8) is 0 Å². The Balaban J connectivity index is 2.22. The molecule has 1 amide bonds. The molecule has 0 aliphatic carbocycles. The third-order valence-electron chi connectivity index (χ3n) is 3.93. The van der Waals surface area contributed by atoms with Gasteiger partial charge in [0.25, 0.3) is 0 Å². The Bertz CT molecular complexity index is 651. The topological polar surface area (TPSA) is 78.4 Å². The molecule has 2 atom stereocenters. The first-order valence-corrected chi connectivity index (χ1v) is 17.7. The average molecular weight is 471 g/mol. The van der Waals surface area contributed by atoms with E-state index in [1.54, 1.807) is 14.8 Å². The van der Waals surface area contributed by atoms with Crippen LogP contribution in [0.1, 0.15) is 12.0 Å². The molecule has 6 nitrogen and oxygen atoms in total. The summed E-state index contributed by atoms with van der Waals surface area (Å²) >= 11 is -3.20. The number of amides is 1. The van der Waals surface area contributed by atoms with Crippen molar-refractivity contribution in [3.8, 4) is 0 Å². The minimum atomic E-state index is -4.53. The van der Waals surface area contributed by atoms with E-state index in [1.165, 1.54) is 0 Å². The summed E-state index contributed by atoms with van der Waals surface area (Å²) in [6.07, 6.45) is -6.29. The van der Waals surface area contributed by atoms with Gasteiger partial charge in [0.05, 0.1) is 0 Å². The molecule has 2 N–H and O–H groups in total. The van der Waals surface area contributed by atoms with Gasteiger partial charge < -0.3 is 0 Å². The van der Waals surface area contributed by atoms with Gasteiger partial charge in [-0.15, -0.1) is 0 Å². The monoisotopic (exact) mass is 472 g/mol. The number of aromatic nitrogens is 2. The summed E-state index contributed by atoms with van der Waals surface area (Å²) in [5.74, 6) is -0.0500. The quantitative estimate of drug-likeness (QED) is 0.524. The van der Waals surface area contributed by atoms with Crippen molar-refractivity contribution < 1.29 is 27.5 Å². The molecule has 0 unspecified atom stereocenters. The van der Waals surface area contributed by atoms with Crippen molar-refractivity contribution in [2.75, 3.05) is 18.4 Å². The second-order valence-electron chi connectivity index (χ2n) is 6.99. The van der Waals surface area contributed by atoms with Crippen LogP contribution in [0.3, 0.4) is 0 Å². The third-order valence-corrected chi connectivity index (χ3v) is 9.07. The number of carboxylic acid groups (broad SMARTS) is 1. The predicted molar refractivity (Wildman–Crippen MR) is 86.5 cm³/mol. The van der Waals surface area contributed by atoms with Crippen molar-refractivity contribution in [3.05, 3.63) is 11.8 Å². The molecule has 0 aromatic carbocycles. The fraction of sp³-hybridized carbons (Fsp3) is 0.643. The van der Waals surface area contributed by atoms with Crippen molar-refractivity contribution in [1.29, 1.82) is 0 Å².